The summed E-state index contributed by atoms with van der Waals surface area (Å²) in [5.41, 5.74) is 1.46. The molecule has 6 heteroatoms. The molecule has 134 valence electrons. The third-order valence-electron chi connectivity index (χ3n) is 4.71. The van der Waals surface area contributed by atoms with Crippen LogP contribution in [0.25, 0.3) is 0 Å². The van der Waals surface area contributed by atoms with Crippen LogP contribution in [-0.2, 0) is 10.2 Å². The van der Waals surface area contributed by atoms with Crippen LogP contribution in [0.4, 0.5) is 0 Å². The molecule has 2 aliphatic rings. The highest BCUT2D eigenvalue weighted by Gasteiger charge is 2.34. The minimum atomic E-state index is 0. The summed E-state index contributed by atoms with van der Waals surface area (Å²) in [5, 5.41) is 6.88. The smallest absolute Gasteiger partial charge is 0.191 e. The maximum Gasteiger partial charge on any atom is 0.191 e. The van der Waals surface area contributed by atoms with Gasteiger partial charge in [-0.05, 0) is 50.3 Å². The molecule has 1 aliphatic carbocycles. The van der Waals surface area contributed by atoms with Crippen LogP contribution in [0.15, 0.2) is 33.7 Å². The molecule has 2 N–H and O–H groups in total. The molecule has 0 atom stereocenters. The largest absolute Gasteiger partial charge is 0.381 e. The molecule has 4 nitrogen and oxygen atoms in total. The van der Waals surface area contributed by atoms with Gasteiger partial charge >= 0.3 is 0 Å². The monoisotopic (exact) mass is 507 g/mol. The van der Waals surface area contributed by atoms with Crippen LogP contribution in [0.5, 0.6) is 0 Å². The Kier molecular flexibility index (Phi) is 7.81. The standard InChI is InChI=1S/C18H26BrN3O.HI/c1-2-20-17(22-16-7-8-16)21-13-18(9-11-23-12-10-18)14-3-5-15(19)6-4-14;/h3-6,16H,2,7-13H2,1H3,(H2,20,21,22);1H. The zero-order valence-electron chi connectivity index (χ0n) is 14.2. The Morgan fingerprint density at radius 3 is 2.50 bits per heavy atom. The quantitative estimate of drug-likeness (QED) is 0.361. The van der Waals surface area contributed by atoms with Crippen molar-refractivity contribution >= 4 is 45.9 Å². The number of halogens is 2. The van der Waals surface area contributed by atoms with Gasteiger partial charge in [0.1, 0.15) is 0 Å². The number of guanidine groups is 1. The van der Waals surface area contributed by atoms with Gasteiger partial charge in [0, 0.05) is 35.7 Å². The van der Waals surface area contributed by atoms with Crippen LogP contribution in [0.1, 0.15) is 38.2 Å². The van der Waals surface area contributed by atoms with Gasteiger partial charge in [0.25, 0.3) is 0 Å². The molecule has 1 saturated heterocycles. The second-order valence-corrected chi connectivity index (χ2v) is 7.43. The number of rotatable bonds is 5. The van der Waals surface area contributed by atoms with Crippen molar-refractivity contribution in [2.75, 3.05) is 26.3 Å². The summed E-state index contributed by atoms with van der Waals surface area (Å²) < 4.78 is 6.73. The number of ether oxygens (including phenoxy) is 1. The molecular formula is C18H27BrIN3O. The summed E-state index contributed by atoms with van der Waals surface area (Å²) >= 11 is 3.53. The van der Waals surface area contributed by atoms with Gasteiger partial charge in [-0.25, -0.2) is 0 Å². The average molecular weight is 508 g/mol. The van der Waals surface area contributed by atoms with Crippen LogP contribution in [0.3, 0.4) is 0 Å². The second kappa shape index (κ2) is 9.38. The highest BCUT2D eigenvalue weighted by Crippen LogP contribution is 2.35. The zero-order valence-corrected chi connectivity index (χ0v) is 18.1. The van der Waals surface area contributed by atoms with Crippen LogP contribution in [0.2, 0.25) is 0 Å². The number of hydrogen-bond donors (Lipinski definition) is 2. The van der Waals surface area contributed by atoms with E-state index in [4.69, 9.17) is 9.73 Å². The third-order valence-corrected chi connectivity index (χ3v) is 5.24. The second-order valence-electron chi connectivity index (χ2n) is 6.51. The highest BCUT2D eigenvalue weighted by molar-refractivity contribution is 14.0. The molecule has 2 fully saturated rings. The number of hydrogen-bond acceptors (Lipinski definition) is 2. The van der Waals surface area contributed by atoms with Crippen molar-refractivity contribution in [2.24, 2.45) is 4.99 Å². The molecule has 1 aliphatic heterocycles. The first-order valence-electron chi connectivity index (χ1n) is 8.60. The van der Waals surface area contributed by atoms with Crippen molar-refractivity contribution in [3.8, 4) is 0 Å². The lowest BCUT2D eigenvalue weighted by molar-refractivity contribution is 0.0531. The van der Waals surface area contributed by atoms with E-state index in [0.717, 1.165) is 49.6 Å². The van der Waals surface area contributed by atoms with E-state index in [9.17, 15) is 0 Å². The lowest BCUT2D eigenvalue weighted by Crippen LogP contribution is -2.42. The Bertz CT molecular complexity index is 540. The maximum atomic E-state index is 5.61. The first kappa shape index (κ1) is 20.0. The third kappa shape index (κ3) is 5.33. The predicted molar refractivity (Wildman–Crippen MR) is 113 cm³/mol. The van der Waals surface area contributed by atoms with Crippen LogP contribution >= 0.6 is 39.9 Å². The fourth-order valence-electron chi connectivity index (χ4n) is 3.08. The Hall–Kier alpha value is -0.340. The van der Waals surface area contributed by atoms with Gasteiger partial charge in [-0.15, -0.1) is 24.0 Å². The van der Waals surface area contributed by atoms with E-state index >= 15 is 0 Å². The Balaban J connectivity index is 0.00000208. The van der Waals surface area contributed by atoms with Crippen LogP contribution < -0.4 is 10.6 Å². The van der Waals surface area contributed by atoms with Crippen molar-refractivity contribution in [1.29, 1.82) is 0 Å². The average Bonchev–Trinajstić information content (AvgIpc) is 3.38. The highest BCUT2D eigenvalue weighted by atomic mass is 127. The summed E-state index contributed by atoms with van der Waals surface area (Å²) in [6.07, 6.45) is 4.58. The minimum absolute atomic E-state index is 0. The predicted octanol–water partition coefficient (Wildman–Crippen LogP) is 3.83. The van der Waals surface area contributed by atoms with Crippen molar-refractivity contribution in [1.82, 2.24) is 10.6 Å². The number of nitrogens with one attached hydrogen (secondary N) is 2. The summed E-state index contributed by atoms with van der Waals surface area (Å²) in [4.78, 5) is 4.92. The molecular weight excluding hydrogens is 481 g/mol. The molecule has 0 bridgehead atoms. The molecule has 24 heavy (non-hydrogen) atoms. The number of benzene rings is 1. The fraction of sp³-hybridized carbons (Fsp3) is 0.611. The van der Waals surface area contributed by atoms with E-state index in [1.807, 2.05) is 0 Å². The van der Waals surface area contributed by atoms with E-state index in [0.29, 0.717) is 6.04 Å². The molecule has 1 aromatic rings. The van der Waals surface area contributed by atoms with Crippen LogP contribution in [-0.4, -0.2) is 38.3 Å². The number of nitrogens with zero attached hydrogens (tertiary/aromatic N) is 1. The molecule has 0 unspecified atom stereocenters. The fourth-order valence-corrected chi connectivity index (χ4v) is 3.34. The maximum absolute atomic E-state index is 5.61. The van der Waals surface area contributed by atoms with Crippen LogP contribution in [0, 0.1) is 0 Å². The summed E-state index contributed by atoms with van der Waals surface area (Å²) in [6, 6.07) is 9.33. The van der Waals surface area contributed by atoms with Gasteiger partial charge in [-0.1, -0.05) is 28.1 Å². The lowest BCUT2D eigenvalue weighted by Gasteiger charge is -2.36. The normalized spacial score (nSPS) is 20.2. The molecule has 0 radical (unpaired) electrons. The summed E-state index contributed by atoms with van der Waals surface area (Å²) in [7, 11) is 0. The first-order valence-corrected chi connectivity index (χ1v) is 9.40. The molecule has 0 aromatic heterocycles. The van der Waals surface area contributed by atoms with Gasteiger partial charge in [0.15, 0.2) is 5.96 Å². The topological polar surface area (TPSA) is 45.7 Å². The van der Waals surface area contributed by atoms with E-state index in [-0.39, 0.29) is 29.4 Å². The van der Waals surface area contributed by atoms with E-state index in [1.54, 1.807) is 0 Å². The molecule has 1 heterocycles. The van der Waals surface area contributed by atoms with E-state index in [2.05, 4.69) is 57.8 Å². The lowest BCUT2D eigenvalue weighted by atomic mass is 9.74. The number of aliphatic imine (C=N–C) groups is 1. The Morgan fingerprint density at radius 1 is 1.25 bits per heavy atom. The van der Waals surface area contributed by atoms with Gasteiger partial charge in [0.2, 0.25) is 0 Å². The molecule has 0 spiro atoms. The van der Waals surface area contributed by atoms with Gasteiger partial charge in [-0.2, -0.15) is 0 Å². The molecule has 3 rings (SSSR count). The summed E-state index contributed by atoms with van der Waals surface area (Å²) in [6.45, 7) is 5.45. The zero-order chi connectivity index (χ0) is 16.1. The molecule has 1 saturated carbocycles. The SMILES string of the molecule is CCNC(=NCC1(c2ccc(Br)cc2)CCOCC1)NC1CC1.I. The first-order chi connectivity index (χ1) is 11.2. The Morgan fingerprint density at radius 2 is 1.92 bits per heavy atom. The van der Waals surface area contributed by atoms with Gasteiger partial charge < -0.3 is 15.4 Å². The molecule has 0 amide bonds. The van der Waals surface area contributed by atoms with E-state index in [1.165, 1.54) is 18.4 Å². The Labute approximate surface area is 170 Å². The minimum Gasteiger partial charge on any atom is -0.381 e. The van der Waals surface area contributed by atoms with Gasteiger partial charge in [0.05, 0.1) is 6.54 Å². The molecule has 1 aromatic carbocycles. The van der Waals surface area contributed by atoms with Crippen molar-refractivity contribution in [3.63, 3.8) is 0 Å². The van der Waals surface area contributed by atoms with E-state index < -0.39 is 0 Å². The van der Waals surface area contributed by atoms with Gasteiger partial charge in [-0.3, -0.25) is 4.99 Å². The van der Waals surface area contributed by atoms with Crippen molar-refractivity contribution < 1.29 is 4.74 Å². The van der Waals surface area contributed by atoms with Crippen molar-refractivity contribution in [2.45, 2.75) is 44.1 Å². The van der Waals surface area contributed by atoms with Crippen molar-refractivity contribution in [3.05, 3.63) is 34.3 Å². The summed E-state index contributed by atoms with van der Waals surface area (Å²) in [5.74, 6) is 0.956.